The van der Waals surface area contributed by atoms with Gasteiger partial charge in [-0.25, -0.2) is 8.42 Å². The molecule has 0 saturated heterocycles. The molecule has 0 radical (unpaired) electrons. The molecular weight excluding hydrogens is 404 g/mol. The van der Waals surface area contributed by atoms with E-state index in [4.69, 9.17) is 9.47 Å². The van der Waals surface area contributed by atoms with E-state index >= 15 is 0 Å². The summed E-state index contributed by atoms with van der Waals surface area (Å²) in [5, 5.41) is 2.84. The lowest BCUT2D eigenvalue weighted by molar-refractivity contribution is -0.123. The molecule has 1 amide bonds. The van der Waals surface area contributed by atoms with E-state index in [0.717, 1.165) is 16.9 Å². The van der Waals surface area contributed by atoms with Crippen LogP contribution in [0.4, 0.5) is 0 Å². The zero-order chi connectivity index (χ0) is 21.7. The second kappa shape index (κ2) is 9.49. The number of fused-ring (bicyclic) bond motifs is 1. The summed E-state index contributed by atoms with van der Waals surface area (Å²) < 4.78 is 39.0. The molecule has 1 atom stereocenters. The number of nitrogens with one attached hydrogen (secondary N) is 2. The molecule has 8 heteroatoms. The van der Waals surface area contributed by atoms with Gasteiger partial charge in [0, 0.05) is 6.54 Å². The van der Waals surface area contributed by atoms with Crippen LogP contribution in [-0.4, -0.2) is 40.1 Å². The second-order valence-corrected chi connectivity index (χ2v) is 9.39. The van der Waals surface area contributed by atoms with E-state index in [1.807, 2.05) is 39.0 Å². The van der Waals surface area contributed by atoms with Crippen molar-refractivity contribution in [2.24, 2.45) is 5.92 Å². The number of carbonyl (C=O) groups excluding carboxylic acids is 1. The number of carbonyl (C=O) groups is 1. The van der Waals surface area contributed by atoms with Crippen molar-refractivity contribution in [1.82, 2.24) is 10.0 Å². The van der Waals surface area contributed by atoms with Crippen molar-refractivity contribution >= 4 is 15.9 Å². The molecule has 1 aliphatic heterocycles. The molecule has 0 fully saturated rings. The first-order valence-corrected chi connectivity index (χ1v) is 11.5. The maximum atomic E-state index is 12.7. The monoisotopic (exact) mass is 432 g/mol. The first-order chi connectivity index (χ1) is 14.3. The van der Waals surface area contributed by atoms with E-state index in [-0.39, 0.29) is 16.7 Å². The molecule has 1 aliphatic rings. The van der Waals surface area contributed by atoms with Crippen LogP contribution in [-0.2, 0) is 21.2 Å². The zero-order valence-corrected chi connectivity index (χ0v) is 18.3. The van der Waals surface area contributed by atoms with E-state index in [2.05, 4.69) is 10.0 Å². The minimum absolute atomic E-state index is 0.142. The first kappa shape index (κ1) is 22.1. The minimum Gasteiger partial charge on any atom is -0.486 e. The van der Waals surface area contributed by atoms with Gasteiger partial charge in [0.25, 0.3) is 0 Å². The van der Waals surface area contributed by atoms with E-state index in [1.54, 1.807) is 12.1 Å². The molecule has 1 heterocycles. The lowest BCUT2D eigenvalue weighted by atomic mass is 10.0. The highest BCUT2D eigenvalue weighted by atomic mass is 32.2. The zero-order valence-electron chi connectivity index (χ0n) is 17.5. The molecule has 0 bridgehead atoms. The predicted molar refractivity (Wildman–Crippen MR) is 114 cm³/mol. The molecule has 0 aromatic heterocycles. The molecule has 3 rings (SSSR count). The van der Waals surface area contributed by atoms with Crippen LogP contribution in [0.2, 0.25) is 0 Å². The van der Waals surface area contributed by atoms with Crippen LogP contribution < -0.4 is 19.5 Å². The maximum Gasteiger partial charge on any atom is 0.241 e. The van der Waals surface area contributed by atoms with E-state index in [1.165, 1.54) is 12.1 Å². The molecule has 7 nitrogen and oxygen atoms in total. The van der Waals surface area contributed by atoms with Crippen molar-refractivity contribution < 1.29 is 22.7 Å². The van der Waals surface area contributed by atoms with Gasteiger partial charge in [-0.3, -0.25) is 4.79 Å². The third kappa shape index (κ3) is 5.52. The molecule has 0 aliphatic carbocycles. The average Bonchev–Trinajstić information content (AvgIpc) is 2.72. The van der Waals surface area contributed by atoms with Crippen molar-refractivity contribution in [2.45, 2.75) is 38.1 Å². The van der Waals surface area contributed by atoms with Crippen LogP contribution in [0, 0.1) is 12.8 Å². The smallest absolute Gasteiger partial charge is 0.241 e. The summed E-state index contributed by atoms with van der Waals surface area (Å²) in [4.78, 5) is 12.8. The molecule has 162 valence electrons. The Balaban J connectivity index is 1.59. The Morgan fingerprint density at radius 3 is 2.37 bits per heavy atom. The summed E-state index contributed by atoms with van der Waals surface area (Å²) >= 11 is 0. The van der Waals surface area contributed by atoms with Gasteiger partial charge in [0.2, 0.25) is 15.9 Å². The minimum atomic E-state index is -3.80. The van der Waals surface area contributed by atoms with Crippen LogP contribution in [0.25, 0.3) is 0 Å². The Morgan fingerprint density at radius 1 is 1.03 bits per heavy atom. The van der Waals surface area contributed by atoms with Gasteiger partial charge in [-0.2, -0.15) is 4.72 Å². The number of aryl methyl sites for hydroxylation is 1. The van der Waals surface area contributed by atoms with Gasteiger partial charge in [-0.15, -0.1) is 0 Å². The van der Waals surface area contributed by atoms with E-state index in [0.29, 0.717) is 31.9 Å². The SMILES string of the molecule is Cc1ccc(S(=O)(=O)N[C@H](C(=O)NCCc2ccc3c(c2)OCCO3)C(C)C)cc1. The average molecular weight is 433 g/mol. The van der Waals surface area contributed by atoms with E-state index in [9.17, 15) is 13.2 Å². The standard InChI is InChI=1S/C22H28N2O5S/c1-15(2)21(24-30(26,27)18-7-4-16(3)5-8-18)22(25)23-11-10-17-6-9-19-20(14-17)29-13-12-28-19/h4-9,14-15,21,24H,10-13H2,1-3H3,(H,23,25)/t21-/m0/s1. The third-order valence-electron chi connectivity index (χ3n) is 4.88. The summed E-state index contributed by atoms with van der Waals surface area (Å²) in [5.74, 6) is 0.869. The van der Waals surface area contributed by atoms with Crippen LogP contribution in [0.15, 0.2) is 47.4 Å². The van der Waals surface area contributed by atoms with Gasteiger partial charge in [-0.1, -0.05) is 37.6 Å². The second-order valence-electron chi connectivity index (χ2n) is 7.68. The van der Waals surface area contributed by atoms with Gasteiger partial charge in [0.15, 0.2) is 11.5 Å². The Kier molecular flexibility index (Phi) is 6.99. The molecule has 0 unspecified atom stereocenters. The van der Waals surface area contributed by atoms with Crippen LogP contribution in [0.5, 0.6) is 11.5 Å². The number of amides is 1. The lowest BCUT2D eigenvalue weighted by Crippen LogP contribution is -2.49. The number of sulfonamides is 1. The summed E-state index contributed by atoms with van der Waals surface area (Å²) in [5.41, 5.74) is 1.96. The number of hydrogen-bond acceptors (Lipinski definition) is 5. The topological polar surface area (TPSA) is 93.7 Å². The lowest BCUT2D eigenvalue weighted by Gasteiger charge is -2.22. The summed E-state index contributed by atoms with van der Waals surface area (Å²) in [7, 11) is -3.80. The molecule has 2 aromatic carbocycles. The number of rotatable bonds is 8. The largest absolute Gasteiger partial charge is 0.486 e. The fraction of sp³-hybridized carbons (Fsp3) is 0.409. The third-order valence-corrected chi connectivity index (χ3v) is 6.34. The van der Waals surface area contributed by atoms with Crippen molar-refractivity contribution in [1.29, 1.82) is 0 Å². The number of benzene rings is 2. The van der Waals surface area contributed by atoms with Crippen LogP contribution >= 0.6 is 0 Å². The highest BCUT2D eigenvalue weighted by Crippen LogP contribution is 2.30. The Morgan fingerprint density at radius 2 is 1.70 bits per heavy atom. The highest BCUT2D eigenvalue weighted by Gasteiger charge is 2.28. The van der Waals surface area contributed by atoms with Gasteiger partial charge in [0.05, 0.1) is 4.90 Å². The van der Waals surface area contributed by atoms with Gasteiger partial charge in [0.1, 0.15) is 19.3 Å². The van der Waals surface area contributed by atoms with Crippen LogP contribution in [0.1, 0.15) is 25.0 Å². The number of ether oxygens (including phenoxy) is 2. The van der Waals surface area contributed by atoms with Gasteiger partial charge >= 0.3 is 0 Å². The van der Waals surface area contributed by atoms with Crippen LogP contribution in [0.3, 0.4) is 0 Å². The molecule has 2 N–H and O–H groups in total. The van der Waals surface area contributed by atoms with Crippen molar-refractivity contribution in [3.05, 3.63) is 53.6 Å². The van der Waals surface area contributed by atoms with Gasteiger partial charge in [-0.05, 0) is 49.1 Å². The quantitative estimate of drug-likeness (QED) is 0.668. The summed E-state index contributed by atoms with van der Waals surface area (Å²) in [6.45, 7) is 6.94. The highest BCUT2D eigenvalue weighted by molar-refractivity contribution is 7.89. The van der Waals surface area contributed by atoms with E-state index < -0.39 is 16.1 Å². The van der Waals surface area contributed by atoms with Crippen molar-refractivity contribution in [3.8, 4) is 11.5 Å². The fourth-order valence-electron chi connectivity index (χ4n) is 3.13. The molecule has 0 spiro atoms. The van der Waals surface area contributed by atoms with Gasteiger partial charge < -0.3 is 14.8 Å². The Bertz CT molecular complexity index is 987. The molecule has 30 heavy (non-hydrogen) atoms. The first-order valence-electron chi connectivity index (χ1n) is 10.0. The molecule has 0 saturated carbocycles. The molecule has 2 aromatic rings. The fourth-order valence-corrected chi connectivity index (χ4v) is 4.47. The Labute approximate surface area is 177 Å². The maximum absolute atomic E-state index is 12.7. The Hall–Kier alpha value is -2.58. The summed E-state index contributed by atoms with van der Waals surface area (Å²) in [6, 6.07) is 11.4. The van der Waals surface area contributed by atoms with Crippen molar-refractivity contribution in [2.75, 3.05) is 19.8 Å². The predicted octanol–water partition coefficient (Wildman–Crippen LogP) is 2.43. The number of hydrogen-bond donors (Lipinski definition) is 2. The molecular formula is C22H28N2O5S. The normalized spacial score (nSPS) is 14.4. The van der Waals surface area contributed by atoms with Crippen molar-refractivity contribution in [3.63, 3.8) is 0 Å². The summed E-state index contributed by atoms with van der Waals surface area (Å²) in [6.07, 6.45) is 0.595.